The van der Waals surface area contributed by atoms with Crippen molar-refractivity contribution in [2.45, 2.75) is 30.9 Å². The maximum Gasteiger partial charge on any atom is 0.204 e. The second-order valence-corrected chi connectivity index (χ2v) is 37.2. The molecule has 15 atom stereocenters. The minimum atomic E-state index is -0.770. The molecule has 0 aromatic carbocycles. The van der Waals surface area contributed by atoms with Crippen LogP contribution in [-0.4, -0.2) is 70.9 Å². The van der Waals surface area contributed by atoms with E-state index in [1.807, 2.05) is 0 Å². The van der Waals surface area contributed by atoms with Gasteiger partial charge in [-0.25, -0.2) is 0 Å². The lowest BCUT2D eigenvalue weighted by Crippen LogP contribution is -2.59. The van der Waals surface area contributed by atoms with Gasteiger partial charge in [0.25, 0.3) is 0 Å². The SMILES string of the molecule is CPP(C)SO[C@@H]1C(OP(C)SP)[C@H](OP(C)SP)C(OP(C)SP)O[C@@H]1OSP(C)P. The molecule has 0 bridgehead atoms. The van der Waals surface area contributed by atoms with Gasteiger partial charge in [-0.15, -0.1) is 0 Å². The van der Waals surface area contributed by atoms with Gasteiger partial charge in [-0.1, -0.05) is 75.5 Å². The Balaban J connectivity index is 3.30. The molecule has 0 aliphatic carbocycles. The molecule has 0 amide bonds. The summed E-state index contributed by atoms with van der Waals surface area (Å²) >= 11 is 7.78. The molecule has 1 aliphatic heterocycles. The van der Waals surface area contributed by atoms with E-state index in [4.69, 9.17) is 26.7 Å². The van der Waals surface area contributed by atoms with Crippen molar-refractivity contribution in [2.75, 3.05) is 40.0 Å². The van der Waals surface area contributed by atoms with Crippen LogP contribution in [0.5, 0.6) is 0 Å². The van der Waals surface area contributed by atoms with Crippen molar-refractivity contribution in [1.29, 1.82) is 0 Å². The Morgan fingerprint density at radius 3 is 1.75 bits per heavy atom. The third-order valence-corrected chi connectivity index (χ3v) is 26.0. The van der Waals surface area contributed by atoms with Gasteiger partial charge < -0.3 is 18.3 Å². The number of hydrogen-bond donors (Lipinski definition) is 0. The molecule has 0 N–H and O–H groups in total. The van der Waals surface area contributed by atoms with Crippen LogP contribution in [0.25, 0.3) is 0 Å². The number of rotatable bonds is 16. The first kappa shape index (κ1) is 35.8. The average Bonchev–Trinajstić information content (AvgIpc) is 2.77. The summed E-state index contributed by atoms with van der Waals surface area (Å²) in [6, 6.07) is 0. The lowest BCUT2D eigenvalue weighted by atomic mass is 10.0. The minimum absolute atomic E-state index is 0.282. The van der Waals surface area contributed by atoms with Crippen molar-refractivity contribution in [1.82, 2.24) is 0 Å². The van der Waals surface area contributed by atoms with Gasteiger partial charge in [0.05, 0.1) is 22.1 Å². The normalized spacial score (nSPS) is 31.5. The third-order valence-electron chi connectivity index (χ3n) is 3.53. The second kappa shape index (κ2) is 20.7. The highest BCUT2D eigenvalue weighted by Gasteiger charge is 2.52. The van der Waals surface area contributed by atoms with Gasteiger partial charge in [0.15, 0.2) is 12.4 Å². The molecule has 0 saturated carbocycles. The van der Waals surface area contributed by atoms with Crippen LogP contribution >= 0.6 is 135 Å². The summed E-state index contributed by atoms with van der Waals surface area (Å²) < 4.78 is 38.2. The van der Waals surface area contributed by atoms with Crippen LogP contribution in [0.4, 0.5) is 0 Å². The van der Waals surface area contributed by atoms with Gasteiger partial charge in [-0.3, -0.25) is 8.37 Å². The van der Waals surface area contributed by atoms with Crippen LogP contribution in [0.1, 0.15) is 0 Å². The molecule has 1 heterocycles. The lowest BCUT2D eigenvalue weighted by molar-refractivity contribution is -0.291. The van der Waals surface area contributed by atoms with Crippen molar-refractivity contribution in [2.24, 2.45) is 0 Å². The molecule has 192 valence electrons. The zero-order chi connectivity index (χ0) is 24.3. The molecule has 0 aromatic rings. The van der Waals surface area contributed by atoms with Crippen LogP contribution in [-0.2, 0) is 26.7 Å². The Labute approximate surface area is 230 Å². The van der Waals surface area contributed by atoms with Crippen LogP contribution < -0.4 is 0 Å². The Morgan fingerprint density at radius 1 is 0.719 bits per heavy atom. The molecule has 1 rings (SSSR count). The standard InChI is InChI=1S/C11H32O6P10S5/c1-22-27(6)29-16-9-7(13-23(2)30-19)8(14-24(3)31-20)10(15-25(4)32-21)12-11(9)17-28-26(5)18/h7-11,22H,18-21H2,1-6H3/t7?,8-,9+,10?,11+,23?,24?,25?,26?,27?/m0/s1. The summed E-state index contributed by atoms with van der Waals surface area (Å²) in [6.45, 7) is 12.1. The van der Waals surface area contributed by atoms with Gasteiger partial charge >= 0.3 is 0 Å². The topological polar surface area (TPSA) is 55.4 Å². The molecular weight excluding hydrogens is 698 g/mol. The van der Waals surface area contributed by atoms with Crippen molar-refractivity contribution < 1.29 is 26.7 Å². The zero-order valence-electron chi connectivity index (χ0n) is 18.4. The Bertz CT molecular complexity index is 513. The van der Waals surface area contributed by atoms with E-state index in [2.05, 4.69) is 74.2 Å². The monoisotopic (exact) mass is 730 g/mol. The highest BCUT2D eigenvalue weighted by atomic mass is 33.1. The van der Waals surface area contributed by atoms with Crippen molar-refractivity contribution in [3.63, 3.8) is 0 Å². The van der Waals surface area contributed by atoms with E-state index >= 15 is 0 Å². The molecule has 32 heavy (non-hydrogen) atoms. The van der Waals surface area contributed by atoms with Crippen LogP contribution in [0, 0.1) is 0 Å². The molecule has 0 spiro atoms. The predicted octanol–water partition coefficient (Wildman–Crippen LogP) is 9.62. The largest absolute Gasteiger partial charge is 0.339 e. The lowest BCUT2D eigenvalue weighted by Gasteiger charge is -2.46. The highest BCUT2D eigenvalue weighted by Crippen LogP contribution is 2.64. The molecule has 21 heteroatoms. The smallest absolute Gasteiger partial charge is 0.204 e. The van der Waals surface area contributed by atoms with Crippen LogP contribution in [0.3, 0.4) is 0 Å². The van der Waals surface area contributed by atoms with Gasteiger partial charge in [0, 0.05) is 30.1 Å². The zero-order valence-corrected chi connectivity index (χ0v) is 32.6. The quantitative estimate of drug-likeness (QED) is 0.113. The summed E-state index contributed by atoms with van der Waals surface area (Å²) in [5.41, 5.74) is 0. The Morgan fingerprint density at radius 2 is 1.25 bits per heavy atom. The molecule has 12 unspecified atom stereocenters. The molecule has 0 radical (unpaired) electrons. The van der Waals surface area contributed by atoms with Crippen LogP contribution in [0.15, 0.2) is 0 Å². The maximum absolute atomic E-state index is 6.55. The average molecular weight is 730 g/mol. The molecular formula is C11H32O6P10S5. The van der Waals surface area contributed by atoms with E-state index in [1.165, 1.54) is 23.3 Å². The summed E-state index contributed by atoms with van der Waals surface area (Å²) in [4.78, 5) is 0. The molecule has 0 aromatic heterocycles. The fourth-order valence-corrected chi connectivity index (χ4v) is 10.5. The maximum atomic E-state index is 6.55. The molecule has 1 aliphatic rings. The van der Waals surface area contributed by atoms with Crippen molar-refractivity contribution in [3.8, 4) is 0 Å². The summed E-state index contributed by atoms with van der Waals surface area (Å²) in [5.74, 6) is 0. The number of hydrogen-bond acceptors (Lipinski definition) is 11. The van der Waals surface area contributed by atoms with Gasteiger partial charge in [-0.2, -0.15) is 0 Å². The molecule has 1 saturated heterocycles. The van der Waals surface area contributed by atoms with E-state index in [1.54, 1.807) is 33.0 Å². The fraction of sp³-hybridized carbons (Fsp3) is 1.00. The van der Waals surface area contributed by atoms with E-state index in [0.29, 0.717) is 0 Å². The summed E-state index contributed by atoms with van der Waals surface area (Å²) in [5, 5.41) is 0. The molecule has 1 fully saturated rings. The Hall–Kier alpha value is 5.81. The second-order valence-electron chi connectivity index (χ2n) is 5.83. The third kappa shape index (κ3) is 13.9. The molecule has 6 nitrogen and oxygen atoms in total. The fourth-order valence-electron chi connectivity index (χ4n) is 2.10. The van der Waals surface area contributed by atoms with Crippen LogP contribution in [0.2, 0.25) is 0 Å². The van der Waals surface area contributed by atoms with Crippen molar-refractivity contribution >= 4 is 135 Å². The minimum Gasteiger partial charge on any atom is -0.339 e. The predicted molar refractivity (Wildman–Crippen MR) is 181 cm³/mol. The van der Waals surface area contributed by atoms with E-state index in [-0.39, 0.29) is 12.9 Å². The van der Waals surface area contributed by atoms with E-state index in [0.717, 1.165) is 8.27 Å². The van der Waals surface area contributed by atoms with E-state index < -0.39 is 53.7 Å². The first-order valence-electron chi connectivity index (χ1n) is 8.70. The summed E-state index contributed by atoms with van der Waals surface area (Å²) in [6.07, 6.45) is -2.48. The van der Waals surface area contributed by atoms with Gasteiger partial charge in [0.1, 0.15) is 12.2 Å². The first-order chi connectivity index (χ1) is 15.2. The number of ether oxygens (including phenoxy) is 1. The summed E-state index contributed by atoms with van der Waals surface area (Å²) in [7, 11) is 9.36. The van der Waals surface area contributed by atoms with Gasteiger partial charge in [-0.05, 0) is 46.8 Å². The Kier molecular flexibility index (Phi) is 23.1. The van der Waals surface area contributed by atoms with E-state index in [9.17, 15) is 0 Å². The highest BCUT2D eigenvalue weighted by molar-refractivity contribution is 8.78. The first-order valence-corrected chi connectivity index (χ1v) is 32.8. The van der Waals surface area contributed by atoms with Crippen molar-refractivity contribution in [3.05, 3.63) is 0 Å². The van der Waals surface area contributed by atoms with Gasteiger partial charge in [0.2, 0.25) is 6.29 Å².